The first-order valence-electron chi connectivity index (χ1n) is 13.1. The summed E-state index contributed by atoms with van der Waals surface area (Å²) in [7, 11) is 0. The summed E-state index contributed by atoms with van der Waals surface area (Å²) >= 11 is 1.54. The molecule has 39 heavy (non-hydrogen) atoms. The number of likely N-dealkylation sites (tertiary alicyclic amines) is 1. The van der Waals surface area contributed by atoms with Crippen LogP contribution >= 0.6 is 11.3 Å². The summed E-state index contributed by atoms with van der Waals surface area (Å²) in [5.74, 6) is -2.40. The average Bonchev–Trinajstić information content (AvgIpc) is 3.34. The zero-order valence-electron chi connectivity index (χ0n) is 23.0. The first-order valence-corrected chi connectivity index (χ1v) is 14.0. The molecule has 5 atom stereocenters. The summed E-state index contributed by atoms with van der Waals surface area (Å²) in [5, 5.41) is 15.5. The SMILES string of the molecule is Cc1cc(-c2scnc2C)ccc1[C@H](C)NC(=O)[C@@H]1[C@@H](F)[C@@H](O)CN1C(=O)[C@@H](NC(=O)C1(F)CC1)C(C)(C)C. The van der Waals surface area contributed by atoms with E-state index in [4.69, 9.17) is 0 Å². The fraction of sp³-hybridized carbons (Fsp3) is 0.571. The van der Waals surface area contributed by atoms with E-state index in [0.29, 0.717) is 0 Å². The largest absolute Gasteiger partial charge is 0.388 e. The molecule has 212 valence electrons. The van der Waals surface area contributed by atoms with Gasteiger partial charge in [0.25, 0.3) is 5.91 Å². The maximum atomic E-state index is 15.2. The Morgan fingerprint density at radius 3 is 2.41 bits per heavy atom. The summed E-state index contributed by atoms with van der Waals surface area (Å²) in [6.45, 7) is 10.2. The number of hydrogen-bond acceptors (Lipinski definition) is 6. The van der Waals surface area contributed by atoms with Crippen molar-refractivity contribution in [3.8, 4) is 10.4 Å². The Morgan fingerprint density at radius 1 is 1.21 bits per heavy atom. The molecule has 1 saturated heterocycles. The van der Waals surface area contributed by atoms with Crippen LogP contribution in [-0.2, 0) is 14.4 Å². The standard InChI is InChI=1S/C28H36F2N4O4S/c1-14-11-17(22-16(3)31-13-39-22)7-8-18(14)15(2)32-24(36)21-20(29)19(35)12-34(21)25(37)23(27(4,5)6)33-26(38)28(30)9-10-28/h7-8,11,13,15,19-21,23,35H,9-10,12H2,1-6H3,(H,32,36)(H,33,38)/t15-,19-,20-,21-,23+/m0/s1. The molecule has 1 saturated carbocycles. The molecule has 1 aliphatic heterocycles. The molecule has 11 heteroatoms. The number of nitrogens with one attached hydrogen (secondary N) is 2. The van der Waals surface area contributed by atoms with Gasteiger partial charge in [0.1, 0.15) is 18.2 Å². The van der Waals surface area contributed by atoms with Gasteiger partial charge in [0.2, 0.25) is 11.8 Å². The van der Waals surface area contributed by atoms with E-state index in [1.54, 1.807) is 33.2 Å². The predicted molar refractivity (Wildman–Crippen MR) is 144 cm³/mol. The highest BCUT2D eigenvalue weighted by molar-refractivity contribution is 7.13. The van der Waals surface area contributed by atoms with Gasteiger partial charge < -0.3 is 20.6 Å². The molecule has 0 unspecified atom stereocenters. The molecule has 1 aromatic heterocycles. The summed E-state index contributed by atoms with van der Waals surface area (Å²) < 4.78 is 29.6. The number of nitrogens with zero attached hydrogens (tertiary/aromatic N) is 2. The van der Waals surface area contributed by atoms with E-state index in [2.05, 4.69) is 15.6 Å². The number of alkyl halides is 2. The van der Waals surface area contributed by atoms with Crippen molar-refractivity contribution in [2.75, 3.05) is 6.54 Å². The summed E-state index contributed by atoms with van der Waals surface area (Å²) in [6.07, 6.45) is -3.44. The van der Waals surface area contributed by atoms with Crippen LogP contribution in [0.15, 0.2) is 23.7 Å². The first kappa shape index (κ1) is 29.1. The van der Waals surface area contributed by atoms with E-state index in [1.807, 2.05) is 32.0 Å². The molecular formula is C28H36F2N4O4S. The van der Waals surface area contributed by atoms with E-state index in [-0.39, 0.29) is 12.8 Å². The average molecular weight is 563 g/mol. The molecule has 3 N–H and O–H groups in total. The van der Waals surface area contributed by atoms with E-state index < -0.39 is 65.8 Å². The second kappa shape index (κ2) is 10.6. The number of β-amino-alcohol motifs (C(OH)–C–C–N with tert-alkyl or cyclic N) is 1. The molecular weight excluding hydrogens is 526 g/mol. The zero-order valence-corrected chi connectivity index (χ0v) is 23.9. The Kier molecular flexibility index (Phi) is 7.88. The molecule has 2 fully saturated rings. The lowest BCUT2D eigenvalue weighted by Crippen LogP contribution is -2.59. The molecule has 1 aromatic carbocycles. The lowest BCUT2D eigenvalue weighted by atomic mass is 9.85. The van der Waals surface area contributed by atoms with Crippen LogP contribution in [0.25, 0.3) is 10.4 Å². The Bertz CT molecular complexity index is 1270. The van der Waals surface area contributed by atoms with Gasteiger partial charge in [0.15, 0.2) is 11.8 Å². The predicted octanol–water partition coefficient (Wildman–Crippen LogP) is 3.55. The van der Waals surface area contributed by atoms with E-state index in [1.165, 1.54) is 11.3 Å². The van der Waals surface area contributed by atoms with Crippen molar-refractivity contribution in [2.24, 2.45) is 5.41 Å². The van der Waals surface area contributed by atoms with Gasteiger partial charge in [0, 0.05) is 0 Å². The van der Waals surface area contributed by atoms with Crippen LogP contribution in [0.4, 0.5) is 8.78 Å². The van der Waals surface area contributed by atoms with Crippen LogP contribution in [0, 0.1) is 19.3 Å². The molecule has 2 aromatic rings. The summed E-state index contributed by atoms with van der Waals surface area (Å²) in [5.41, 5.74) is 2.58. The van der Waals surface area contributed by atoms with Crippen molar-refractivity contribution < 1.29 is 28.3 Å². The number of aromatic nitrogens is 1. The smallest absolute Gasteiger partial charge is 0.258 e. The third-order valence-electron chi connectivity index (χ3n) is 7.53. The summed E-state index contributed by atoms with van der Waals surface area (Å²) in [4.78, 5) is 45.7. The minimum absolute atomic E-state index is 0.0754. The van der Waals surface area contributed by atoms with Crippen molar-refractivity contribution in [3.05, 3.63) is 40.5 Å². The minimum atomic E-state index is -2.02. The van der Waals surface area contributed by atoms with Crippen molar-refractivity contribution in [2.45, 2.75) is 90.5 Å². The van der Waals surface area contributed by atoms with Gasteiger partial charge in [-0.05, 0) is 55.7 Å². The quantitative estimate of drug-likeness (QED) is 0.478. The van der Waals surface area contributed by atoms with Gasteiger partial charge in [-0.3, -0.25) is 14.4 Å². The second-order valence-corrected chi connectivity index (χ2v) is 12.6. The molecule has 4 rings (SSSR count). The fourth-order valence-corrected chi connectivity index (χ4v) is 5.78. The number of rotatable bonds is 7. The number of aliphatic hydroxyl groups is 1. The zero-order chi connectivity index (χ0) is 28.9. The molecule has 0 spiro atoms. The highest BCUT2D eigenvalue weighted by Crippen LogP contribution is 2.40. The van der Waals surface area contributed by atoms with Gasteiger partial charge in [0.05, 0.1) is 28.7 Å². The van der Waals surface area contributed by atoms with Crippen molar-refractivity contribution in [3.63, 3.8) is 0 Å². The Labute approximate surface area is 231 Å². The molecule has 3 amide bonds. The third kappa shape index (κ3) is 5.84. The van der Waals surface area contributed by atoms with Crippen molar-refractivity contribution in [1.82, 2.24) is 20.5 Å². The first-order chi connectivity index (χ1) is 18.1. The third-order valence-corrected chi connectivity index (χ3v) is 8.51. The number of hydrogen-bond donors (Lipinski definition) is 3. The molecule has 0 bridgehead atoms. The summed E-state index contributed by atoms with van der Waals surface area (Å²) in [6, 6.07) is 2.50. The monoisotopic (exact) mass is 562 g/mol. The van der Waals surface area contributed by atoms with Crippen molar-refractivity contribution >= 4 is 29.1 Å². The lowest BCUT2D eigenvalue weighted by Gasteiger charge is -2.36. The number of aryl methyl sites for hydroxylation is 2. The number of halogens is 2. The number of aliphatic hydroxyl groups excluding tert-OH is 1. The van der Waals surface area contributed by atoms with Crippen molar-refractivity contribution in [1.29, 1.82) is 0 Å². The molecule has 2 heterocycles. The van der Waals surface area contributed by atoms with Gasteiger partial charge in [-0.2, -0.15) is 0 Å². The highest BCUT2D eigenvalue weighted by atomic mass is 32.1. The number of amides is 3. The topological polar surface area (TPSA) is 112 Å². The van der Waals surface area contributed by atoms with E-state index in [9.17, 15) is 23.9 Å². The Hall–Kier alpha value is -2.92. The van der Waals surface area contributed by atoms with E-state index in [0.717, 1.165) is 32.2 Å². The van der Waals surface area contributed by atoms with Crippen LogP contribution in [0.2, 0.25) is 0 Å². The number of benzene rings is 1. The fourth-order valence-electron chi connectivity index (χ4n) is 4.98. The van der Waals surface area contributed by atoms with Gasteiger partial charge >= 0.3 is 0 Å². The Morgan fingerprint density at radius 2 is 1.87 bits per heavy atom. The number of carbonyl (C=O) groups excluding carboxylic acids is 3. The van der Waals surface area contributed by atoms with E-state index >= 15 is 4.39 Å². The molecule has 2 aliphatic rings. The van der Waals surface area contributed by atoms with Gasteiger partial charge in [-0.15, -0.1) is 11.3 Å². The maximum Gasteiger partial charge on any atom is 0.258 e. The van der Waals surface area contributed by atoms with Crippen LogP contribution in [-0.4, -0.2) is 69.3 Å². The van der Waals surface area contributed by atoms with Crippen LogP contribution < -0.4 is 10.6 Å². The number of thiazole rings is 1. The van der Waals surface area contributed by atoms with Crippen LogP contribution in [0.1, 0.15) is 63.4 Å². The number of carbonyl (C=O) groups is 3. The maximum absolute atomic E-state index is 15.2. The second-order valence-electron chi connectivity index (χ2n) is 11.8. The Balaban J connectivity index is 1.52. The normalized spacial score (nSPS) is 23.7. The molecule has 8 nitrogen and oxygen atoms in total. The van der Waals surface area contributed by atoms with Gasteiger partial charge in [-0.25, -0.2) is 13.8 Å². The lowest BCUT2D eigenvalue weighted by molar-refractivity contribution is -0.145. The van der Waals surface area contributed by atoms with Crippen LogP contribution in [0.5, 0.6) is 0 Å². The van der Waals surface area contributed by atoms with Crippen LogP contribution in [0.3, 0.4) is 0 Å². The molecule has 0 radical (unpaired) electrons. The highest BCUT2D eigenvalue weighted by Gasteiger charge is 2.54. The minimum Gasteiger partial charge on any atom is -0.388 e. The molecule has 1 aliphatic carbocycles. The van der Waals surface area contributed by atoms with Gasteiger partial charge in [-0.1, -0.05) is 39.0 Å².